The summed E-state index contributed by atoms with van der Waals surface area (Å²) in [4.78, 5) is 5.34. The summed E-state index contributed by atoms with van der Waals surface area (Å²) in [5.41, 5.74) is -0.00309. The fourth-order valence-electron chi connectivity index (χ4n) is 4.14. The molecule has 3 heteroatoms. The fourth-order valence-corrected chi connectivity index (χ4v) is 5.01. The zero-order valence-corrected chi connectivity index (χ0v) is 17.6. The second-order valence-corrected chi connectivity index (χ2v) is 8.35. The summed E-state index contributed by atoms with van der Waals surface area (Å²) in [5.74, 6) is 0. The number of hydrogen-bond donors (Lipinski definition) is 0. The SMILES string of the molecule is C=C([SiH3])C(CC)(N(C(C)C)C(C)C)N(C(C)C)C(C)C. The summed E-state index contributed by atoms with van der Waals surface area (Å²) in [5, 5.41) is 1.39. The molecular formula is C17H38N2Si. The quantitative estimate of drug-likeness (QED) is 0.501. The molecule has 0 atom stereocenters. The first-order valence-electron chi connectivity index (χ1n) is 8.26. The van der Waals surface area contributed by atoms with Crippen molar-refractivity contribution >= 4 is 10.2 Å². The van der Waals surface area contributed by atoms with Crippen molar-refractivity contribution in [3.05, 3.63) is 11.8 Å². The van der Waals surface area contributed by atoms with Gasteiger partial charge in [0.25, 0.3) is 0 Å². The van der Waals surface area contributed by atoms with E-state index in [0.717, 1.165) is 16.7 Å². The molecule has 0 heterocycles. The van der Waals surface area contributed by atoms with E-state index in [4.69, 9.17) is 0 Å². The Morgan fingerprint density at radius 3 is 1.20 bits per heavy atom. The van der Waals surface area contributed by atoms with Gasteiger partial charge in [-0.05, 0) is 61.8 Å². The summed E-state index contributed by atoms with van der Waals surface area (Å²) in [6, 6.07) is 2.06. The lowest BCUT2D eigenvalue weighted by molar-refractivity contribution is -0.0953. The summed E-state index contributed by atoms with van der Waals surface area (Å²) < 4.78 is 0. The molecule has 0 N–H and O–H groups in total. The first-order chi connectivity index (χ1) is 9.03. The van der Waals surface area contributed by atoms with Crippen molar-refractivity contribution in [1.29, 1.82) is 0 Å². The Morgan fingerprint density at radius 2 is 1.10 bits per heavy atom. The predicted octanol–water partition coefficient (Wildman–Crippen LogP) is 3.21. The molecule has 0 saturated carbocycles. The fraction of sp³-hybridized carbons (Fsp3) is 0.882. The van der Waals surface area contributed by atoms with Gasteiger partial charge < -0.3 is 0 Å². The van der Waals surface area contributed by atoms with Gasteiger partial charge in [-0.1, -0.05) is 12.1 Å². The van der Waals surface area contributed by atoms with Gasteiger partial charge in [-0.3, -0.25) is 9.80 Å². The minimum Gasteiger partial charge on any atom is -0.277 e. The molecular weight excluding hydrogens is 260 g/mol. The highest BCUT2D eigenvalue weighted by Crippen LogP contribution is 2.36. The second-order valence-electron chi connectivity index (χ2n) is 7.14. The van der Waals surface area contributed by atoms with Gasteiger partial charge in [0.15, 0.2) is 0 Å². The van der Waals surface area contributed by atoms with Gasteiger partial charge in [0, 0.05) is 34.4 Å². The molecule has 0 spiro atoms. The smallest absolute Gasteiger partial charge is 0.0917 e. The second kappa shape index (κ2) is 7.76. The standard InChI is InChI=1S/C17H38N2Si/c1-11-17(16(10)20,18(12(2)3)13(4)5)19(14(6)7)15(8)9/h12-15H,10-11H2,1-9,20H3. The average Bonchev–Trinajstić information content (AvgIpc) is 2.24. The van der Waals surface area contributed by atoms with E-state index in [1.165, 1.54) is 5.20 Å². The van der Waals surface area contributed by atoms with Crippen LogP contribution in [0.2, 0.25) is 0 Å². The van der Waals surface area contributed by atoms with E-state index >= 15 is 0 Å². The maximum Gasteiger partial charge on any atom is 0.0917 e. The highest BCUT2D eigenvalue weighted by atomic mass is 28.1. The Balaban J connectivity index is 6.12. The number of rotatable bonds is 8. The monoisotopic (exact) mass is 298 g/mol. The molecule has 0 aliphatic carbocycles. The van der Waals surface area contributed by atoms with E-state index in [9.17, 15) is 0 Å². The van der Waals surface area contributed by atoms with Crippen LogP contribution in [0.25, 0.3) is 0 Å². The lowest BCUT2D eigenvalue weighted by atomic mass is 9.94. The Bertz CT molecular complexity index is 272. The predicted molar refractivity (Wildman–Crippen MR) is 96.3 cm³/mol. The minimum atomic E-state index is -0.00309. The van der Waals surface area contributed by atoms with Crippen molar-refractivity contribution in [3.8, 4) is 0 Å². The molecule has 0 radical (unpaired) electrons. The van der Waals surface area contributed by atoms with Gasteiger partial charge in [0.05, 0.1) is 5.66 Å². The van der Waals surface area contributed by atoms with Crippen LogP contribution in [0.3, 0.4) is 0 Å². The molecule has 0 aromatic heterocycles. The molecule has 20 heavy (non-hydrogen) atoms. The largest absolute Gasteiger partial charge is 0.277 e. The Kier molecular flexibility index (Phi) is 7.72. The van der Waals surface area contributed by atoms with Crippen LogP contribution in [-0.2, 0) is 0 Å². The van der Waals surface area contributed by atoms with Crippen LogP contribution < -0.4 is 0 Å². The maximum absolute atomic E-state index is 4.45. The molecule has 0 saturated heterocycles. The summed E-state index contributed by atoms with van der Waals surface area (Å²) in [7, 11) is 1.04. The summed E-state index contributed by atoms with van der Waals surface area (Å²) in [6.45, 7) is 25.3. The lowest BCUT2D eigenvalue weighted by Gasteiger charge is -2.58. The van der Waals surface area contributed by atoms with Gasteiger partial charge in [-0.15, -0.1) is 6.58 Å². The van der Waals surface area contributed by atoms with Crippen molar-refractivity contribution < 1.29 is 0 Å². The van der Waals surface area contributed by atoms with Crippen LogP contribution in [0.4, 0.5) is 0 Å². The molecule has 0 unspecified atom stereocenters. The lowest BCUT2D eigenvalue weighted by Crippen LogP contribution is -2.68. The van der Waals surface area contributed by atoms with Crippen LogP contribution in [0.1, 0.15) is 68.7 Å². The molecule has 2 nitrogen and oxygen atoms in total. The van der Waals surface area contributed by atoms with E-state index in [1.54, 1.807) is 0 Å². The van der Waals surface area contributed by atoms with Gasteiger partial charge >= 0.3 is 0 Å². The first kappa shape index (κ1) is 19.9. The maximum atomic E-state index is 4.45. The third-order valence-corrected chi connectivity index (χ3v) is 5.06. The minimum absolute atomic E-state index is 0.00309. The summed E-state index contributed by atoms with van der Waals surface area (Å²) in [6.07, 6.45) is 1.10. The molecule has 0 bridgehead atoms. The number of nitrogens with zero attached hydrogens (tertiary/aromatic N) is 2. The van der Waals surface area contributed by atoms with E-state index in [0.29, 0.717) is 24.2 Å². The molecule has 0 aliphatic rings. The molecule has 0 aliphatic heterocycles. The van der Waals surface area contributed by atoms with Crippen molar-refractivity contribution in [2.24, 2.45) is 0 Å². The van der Waals surface area contributed by atoms with Gasteiger partial charge in [-0.2, -0.15) is 0 Å². The van der Waals surface area contributed by atoms with Crippen molar-refractivity contribution in [3.63, 3.8) is 0 Å². The van der Waals surface area contributed by atoms with E-state index in [2.05, 4.69) is 78.7 Å². The molecule has 0 rings (SSSR count). The van der Waals surface area contributed by atoms with Crippen LogP contribution in [0, 0.1) is 0 Å². The Morgan fingerprint density at radius 1 is 0.850 bits per heavy atom. The first-order valence-corrected chi connectivity index (χ1v) is 9.26. The van der Waals surface area contributed by atoms with Crippen molar-refractivity contribution in [2.75, 3.05) is 0 Å². The van der Waals surface area contributed by atoms with Crippen LogP contribution in [0.5, 0.6) is 0 Å². The Labute approximate surface area is 131 Å². The molecule has 120 valence electrons. The number of hydrogen-bond acceptors (Lipinski definition) is 2. The molecule has 0 aromatic carbocycles. The molecule has 0 amide bonds. The topological polar surface area (TPSA) is 6.48 Å². The molecule has 0 aromatic rings. The van der Waals surface area contributed by atoms with E-state index < -0.39 is 0 Å². The van der Waals surface area contributed by atoms with Crippen LogP contribution >= 0.6 is 0 Å². The van der Waals surface area contributed by atoms with E-state index in [-0.39, 0.29) is 5.66 Å². The normalized spacial score (nSPS) is 13.8. The van der Waals surface area contributed by atoms with Crippen LogP contribution in [-0.4, -0.2) is 49.9 Å². The summed E-state index contributed by atoms with van der Waals surface area (Å²) >= 11 is 0. The molecule has 0 fully saturated rings. The zero-order chi connectivity index (χ0) is 16.2. The highest BCUT2D eigenvalue weighted by Gasteiger charge is 2.45. The van der Waals surface area contributed by atoms with E-state index in [1.807, 2.05) is 0 Å². The average molecular weight is 299 g/mol. The van der Waals surface area contributed by atoms with Crippen LogP contribution in [0.15, 0.2) is 11.8 Å². The Hall–Kier alpha value is -0.123. The van der Waals surface area contributed by atoms with Crippen molar-refractivity contribution in [2.45, 2.75) is 98.6 Å². The zero-order valence-electron chi connectivity index (χ0n) is 15.6. The highest BCUT2D eigenvalue weighted by molar-refractivity contribution is 6.22. The van der Waals surface area contributed by atoms with Gasteiger partial charge in [0.2, 0.25) is 0 Å². The van der Waals surface area contributed by atoms with Gasteiger partial charge in [0.1, 0.15) is 0 Å². The third kappa shape index (κ3) is 3.74. The third-order valence-electron chi connectivity index (χ3n) is 4.26. The van der Waals surface area contributed by atoms with Gasteiger partial charge in [-0.25, -0.2) is 0 Å². The van der Waals surface area contributed by atoms with Crippen molar-refractivity contribution in [1.82, 2.24) is 9.80 Å².